The Morgan fingerprint density at radius 1 is 1.67 bits per heavy atom. The summed E-state index contributed by atoms with van der Waals surface area (Å²) in [5, 5.41) is 18.8. The normalized spacial score (nSPS) is 27.7. The van der Waals surface area contributed by atoms with Crippen molar-refractivity contribution >= 4 is 5.82 Å². The van der Waals surface area contributed by atoms with E-state index < -0.39 is 24.1 Å². The Balaban J connectivity index is 2.42. The highest BCUT2D eigenvalue weighted by Gasteiger charge is 2.38. The molecule has 0 bridgehead atoms. The lowest BCUT2D eigenvalue weighted by Gasteiger charge is -2.15. The summed E-state index contributed by atoms with van der Waals surface area (Å²) in [5.74, 6) is 0.152. The second-order valence-electron chi connectivity index (χ2n) is 4.23. The smallest absolute Gasteiger partial charge is 0.351 e. The van der Waals surface area contributed by atoms with Gasteiger partial charge in [0, 0.05) is 17.3 Å². The van der Waals surface area contributed by atoms with Crippen LogP contribution in [0.5, 0.6) is 0 Å². The number of nitrogen functional groups attached to an aromatic ring is 1. The number of hydrogen-bond acceptors (Lipinski definition) is 6. The first-order chi connectivity index (χ1) is 8.45. The van der Waals surface area contributed by atoms with E-state index in [0.29, 0.717) is 11.1 Å². The predicted molar refractivity (Wildman–Crippen MR) is 63.8 cm³/mol. The van der Waals surface area contributed by atoms with Gasteiger partial charge in [-0.25, -0.2) is 4.79 Å². The molecule has 1 aromatic heterocycles. The Kier molecular flexibility index (Phi) is 3.20. The summed E-state index contributed by atoms with van der Waals surface area (Å²) in [4.78, 5) is 15.4. The summed E-state index contributed by atoms with van der Waals surface area (Å²) in [5.41, 5.74) is 5.86. The van der Waals surface area contributed by atoms with Crippen molar-refractivity contribution in [2.24, 2.45) is 0 Å². The molecule has 2 heterocycles. The molecule has 0 radical (unpaired) electrons. The number of aliphatic hydroxyl groups excluding tert-OH is 2. The van der Waals surface area contributed by atoms with Crippen LogP contribution in [0.25, 0.3) is 0 Å². The van der Waals surface area contributed by atoms with E-state index in [1.54, 1.807) is 6.92 Å². The molecule has 18 heavy (non-hydrogen) atoms. The van der Waals surface area contributed by atoms with Crippen LogP contribution in [-0.4, -0.2) is 38.6 Å². The number of nitrogens with zero attached hydrogens (tertiary/aromatic N) is 2. The zero-order valence-electron chi connectivity index (χ0n) is 9.91. The van der Waals surface area contributed by atoms with Gasteiger partial charge >= 0.3 is 5.69 Å². The number of ether oxygens (including phenoxy) is 1. The Morgan fingerprint density at radius 3 is 2.89 bits per heavy atom. The molecule has 1 aromatic rings. The Bertz CT molecular complexity index is 540. The summed E-state index contributed by atoms with van der Waals surface area (Å²) in [7, 11) is 0. The second kappa shape index (κ2) is 4.52. The van der Waals surface area contributed by atoms with Gasteiger partial charge in [-0.05, 0) is 6.92 Å². The Morgan fingerprint density at radius 2 is 2.33 bits per heavy atom. The summed E-state index contributed by atoms with van der Waals surface area (Å²) in [6.45, 7) is 5.03. The van der Waals surface area contributed by atoms with Crippen molar-refractivity contribution in [2.45, 2.75) is 25.4 Å². The molecule has 0 spiro atoms. The summed E-state index contributed by atoms with van der Waals surface area (Å²) in [6, 6.07) is 0. The average Bonchev–Trinajstić information content (AvgIpc) is 2.61. The maximum absolute atomic E-state index is 11.7. The van der Waals surface area contributed by atoms with Crippen molar-refractivity contribution in [1.82, 2.24) is 9.55 Å². The molecule has 7 nitrogen and oxygen atoms in total. The maximum Gasteiger partial charge on any atom is 0.351 e. The average molecular weight is 253 g/mol. The quantitative estimate of drug-likeness (QED) is 0.579. The molecule has 0 aromatic carbocycles. The Hall–Kier alpha value is -1.70. The molecular formula is C11H15N3O4. The zero-order chi connectivity index (χ0) is 13.4. The molecule has 1 aliphatic rings. The third kappa shape index (κ3) is 1.92. The van der Waals surface area contributed by atoms with Gasteiger partial charge in [-0.2, -0.15) is 4.98 Å². The van der Waals surface area contributed by atoms with Crippen LogP contribution in [0.3, 0.4) is 0 Å². The molecule has 3 atom stereocenters. The van der Waals surface area contributed by atoms with Gasteiger partial charge in [0.15, 0.2) is 6.23 Å². The topological polar surface area (TPSA) is 111 Å². The van der Waals surface area contributed by atoms with E-state index in [2.05, 4.69) is 11.6 Å². The van der Waals surface area contributed by atoms with Crippen molar-refractivity contribution in [1.29, 1.82) is 0 Å². The molecule has 0 aliphatic carbocycles. The highest BCUT2D eigenvalue weighted by molar-refractivity contribution is 5.35. The highest BCUT2D eigenvalue weighted by atomic mass is 16.5. The van der Waals surface area contributed by atoms with E-state index in [1.165, 1.54) is 10.8 Å². The molecule has 4 N–H and O–H groups in total. The van der Waals surface area contributed by atoms with Crippen LogP contribution in [0.15, 0.2) is 23.1 Å². The fraction of sp³-hybridized carbons (Fsp3) is 0.455. The van der Waals surface area contributed by atoms with Crippen molar-refractivity contribution in [2.75, 3.05) is 12.3 Å². The lowest BCUT2D eigenvalue weighted by Crippen LogP contribution is -2.29. The molecule has 1 unspecified atom stereocenters. The van der Waals surface area contributed by atoms with Gasteiger partial charge in [0.05, 0.1) is 6.61 Å². The van der Waals surface area contributed by atoms with Gasteiger partial charge in [0.2, 0.25) is 0 Å². The predicted octanol–water partition coefficient (Wildman–Crippen LogP) is -1.06. The van der Waals surface area contributed by atoms with E-state index in [0.717, 1.165) is 0 Å². The van der Waals surface area contributed by atoms with Gasteiger partial charge in [-0.15, -0.1) is 0 Å². The minimum Gasteiger partial charge on any atom is -0.394 e. The van der Waals surface area contributed by atoms with E-state index in [4.69, 9.17) is 15.6 Å². The largest absolute Gasteiger partial charge is 0.394 e. The lowest BCUT2D eigenvalue weighted by atomic mass is 10.1. The lowest BCUT2D eigenvalue weighted by molar-refractivity contribution is -0.0447. The number of aromatic nitrogens is 2. The number of aryl methyl sites for hydroxylation is 1. The first-order valence-electron chi connectivity index (χ1n) is 5.44. The second-order valence-corrected chi connectivity index (χ2v) is 4.23. The van der Waals surface area contributed by atoms with Gasteiger partial charge in [0.25, 0.3) is 0 Å². The molecule has 0 saturated carbocycles. The van der Waals surface area contributed by atoms with Gasteiger partial charge < -0.3 is 20.7 Å². The number of nitrogens with two attached hydrogens (primary N) is 1. The summed E-state index contributed by atoms with van der Waals surface area (Å²) in [6.07, 6.45) is -1.14. The molecule has 98 valence electrons. The van der Waals surface area contributed by atoms with Crippen molar-refractivity contribution < 1.29 is 14.9 Å². The molecule has 1 aliphatic heterocycles. The van der Waals surface area contributed by atoms with Crippen LogP contribution in [0, 0.1) is 6.92 Å². The van der Waals surface area contributed by atoms with E-state index in [9.17, 15) is 9.90 Å². The number of hydrogen-bond donors (Lipinski definition) is 3. The zero-order valence-corrected chi connectivity index (χ0v) is 9.91. The summed E-state index contributed by atoms with van der Waals surface area (Å²) < 4.78 is 6.58. The van der Waals surface area contributed by atoms with Gasteiger partial charge in [-0.1, -0.05) is 6.58 Å². The van der Waals surface area contributed by atoms with Crippen LogP contribution in [0.1, 0.15) is 11.8 Å². The van der Waals surface area contributed by atoms with Crippen LogP contribution in [0.4, 0.5) is 5.82 Å². The highest BCUT2D eigenvalue weighted by Crippen LogP contribution is 2.32. The molecule has 1 saturated heterocycles. The van der Waals surface area contributed by atoms with E-state index >= 15 is 0 Å². The fourth-order valence-corrected chi connectivity index (χ4v) is 1.85. The van der Waals surface area contributed by atoms with Crippen molar-refractivity contribution in [3.63, 3.8) is 0 Å². The first-order valence-corrected chi connectivity index (χ1v) is 5.44. The SMILES string of the molecule is C=C1C(n2cc(C)c(N)nc2=O)O[C@H](CO)[C@@H]1O. The minimum absolute atomic E-state index is 0.152. The van der Waals surface area contributed by atoms with Crippen LogP contribution < -0.4 is 11.4 Å². The number of aliphatic hydroxyl groups is 2. The van der Waals surface area contributed by atoms with Crippen LogP contribution >= 0.6 is 0 Å². The minimum atomic E-state index is -1.01. The van der Waals surface area contributed by atoms with Crippen LogP contribution in [-0.2, 0) is 4.74 Å². The molecule has 7 heteroatoms. The molecule has 2 rings (SSSR count). The third-order valence-electron chi connectivity index (χ3n) is 2.96. The van der Waals surface area contributed by atoms with Crippen LogP contribution in [0.2, 0.25) is 0 Å². The number of rotatable bonds is 2. The summed E-state index contributed by atoms with van der Waals surface area (Å²) >= 11 is 0. The van der Waals surface area contributed by atoms with Crippen molar-refractivity contribution in [3.05, 3.63) is 34.4 Å². The fourth-order valence-electron chi connectivity index (χ4n) is 1.85. The van der Waals surface area contributed by atoms with E-state index in [1.807, 2.05) is 0 Å². The first kappa shape index (κ1) is 12.7. The molecule has 1 fully saturated rings. The van der Waals surface area contributed by atoms with Gasteiger partial charge in [0.1, 0.15) is 18.0 Å². The van der Waals surface area contributed by atoms with Crippen molar-refractivity contribution in [3.8, 4) is 0 Å². The molecular weight excluding hydrogens is 238 g/mol. The number of anilines is 1. The standard InChI is InChI=1S/C11H15N3O4/c1-5-3-14(11(17)13-9(5)12)10-6(2)8(16)7(4-15)18-10/h3,7-8,10,15-16H,2,4H2,1H3,(H2,12,13,17)/t7-,8-,10?/m1/s1. The molecule has 0 amide bonds. The van der Waals surface area contributed by atoms with E-state index in [-0.39, 0.29) is 12.4 Å². The third-order valence-corrected chi connectivity index (χ3v) is 2.96. The van der Waals surface area contributed by atoms with Gasteiger partial charge in [-0.3, -0.25) is 4.57 Å². The monoisotopic (exact) mass is 253 g/mol. The maximum atomic E-state index is 11.7. The Labute approximate surface area is 103 Å².